The molecular weight excluding hydrogens is 382 g/mol. The smallest absolute Gasteiger partial charge is 0.279 e. The monoisotopic (exact) mass is 402 g/mol. The Morgan fingerprint density at radius 3 is 3.00 bits per heavy atom. The predicted octanol–water partition coefficient (Wildman–Crippen LogP) is 3.32. The molecule has 7 heteroatoms. The molecule has 2 N–H and O–H groups in total. The van der Waals surface area contributed by atoms with Crippen LogP contribution in [0.5, 0.6) is 5.75 Å². The summed E-state index contributed by atoms with van der Waals surface area (Å²) in [6.45, 7) is 1.40. The molecule has 3 aromatic rings. The molecule has 0 aliphatic carbocycles. The van der Waals surface area contributed by atoms with Crippen LogP contribution in [-0.2, 0) is 4.79 Å². The van der Waals surface area contributed by atoms with Crippen molar-refractivity contribution in [2.24, 2.45) is 0 Å². The number of rotatable bonds is 5. The number of methoxy groups -OCH3 is 1. The molecule has 5 nitrogen and oxygen atoms in total. The van der Waals surface area contributed by atoms with Crippen LogP contribution in [0, 0.1) is 0 Å². The lowest BCUT2D eigenvalue weighted by Crippen LogP contribution is -3.11. The van der Waals surface area contributed by atoms with Gasteiger partial charge in [0, 0.05) is 18.5 Å². The third-order valence-corrected chi connectivity index (χ3v) is 6.36. The van der Waals surface area contributed by atoms with Crippen LogP contribution in [0.15, 0.2) is 42.5 Å². The van der Waals surface area contributed by atoms with E-state index in [1.54, 1.807) is 36.6 Å². The Hall–Kier alpha value is -2.15. The van der Waals surface area contributed by atoms with Crippen LogP contribution >= 0.6 is 22.9 Å². The van der Waals surface area contributed by atoms with Gasteiger partial charge in [0.25, 0.3) is 5.91 Å². The van der Waals surface area contributed by atoms with Gasteiger partial charge < -0.3 is 15.0 Å². The number of halogens is 1. The van der Waals surface area contributed by atoms with Gasteiger partial charge in [0.15, 0.2) is 11.6 Å². The van der Waals surface area contributed by atoms with Crippen molar-refractivity contribution in [2.75, 3.05) is 25.5 Å². The standard InChI is InChI=1S/C20H20ClN3O2S/c1-26-17-9-8-13(11-14(17)21)22-19(25)12-24-10-4-6-16(24)20-23-15-5-2-3-7-18(15)27-20/h2-3,5,7-9,11,16H,4,6,10,12H2,1H3,(H,22,25)/p+1/t16-/m0/s1. The van der Waals surface area contributed by atoms with E-state index in [9.17, 15) is 4.79 Å². The summed E-state index contributed by atoms with van der Waals surface area (Å²) in [5, 5.41) is 4.55. The molecule has 1 unspecified atom stereocenters. The maximum absolute atomic E-state index is 12.6. The normalized spacial score (nSPS) is 19.3. The molecule has 0 bridgehead atoms. The summed E-state index contributed by atoms with van der Waals surface area (Å²) < 4.78 is 6.35. The van der Waals surface area contributed by atoms with Gasteiger partial charge in [-0.15, -0.1) is 11.3 Å². The molecule has 2 aromatic carbocycles. The lowest BCUT2D eigenvalue weighted by Gasteiger charge is -2.19. The Kier molecular flexibility index (Phi) is 5.29. The van der Waals surface area contributed by atoms with E-state index in [-0.39, 0.29) is 11.9 Å². The second-order valence-electron chi connectivity index (χ2n) is 6.70. The molecule has 0 spiro atoms. The van der Waals surface area contributed by atoms with Gasteiger partial charge in [-0.2, -0.15) is 0 Å². The molecule has 1 aromatic heterocycles. The second kappa shape index (κ2) is 7.84. The van der Waals surface area contributed by atoms with E-state index in [1.165, 1.54) is 9.60 Å². The molecule has 2 atom stereocenters. The lowest BCUT2D eigenvalue weighted by atomic mass is 10.2. The fourth-order valence-corrected chi connectivity index (χ4v) is 5.03. The molecule has 0 radical (unpaired) electrons. The number of thiazole rings is 1. The van der Waals surface area contributed by atoms with E-state index < -0.39 is 0 Å². The third kappa shape index (κ3) is 3.93. The van der Waals surface area contributed by atoms with Crippen LogP contribution in [-0.4, -0.2) is 31.1 Å². The highest BCUT2D eigenvalue weighted by Crippen LogP contribution is 2.29. The van der Waals surface area contributed by atoms with E-state index in [0.29, 0.717) is 23.0 Å². The number of benzene rings is 2. The number of hydrogen-bond acceptors (Lipinski definition) is 4. The minimum atomic E-state index is -0.0146. The van der Waals surface area contributed by atoms with E-state index in [4.69, 9.17) is 21.3 Å². The van der Waals surface area contributed by atoms with Gasteiger partial charge in [-0.3, -0.25) is 4.79 Å². The first-order chi connectivity index (χ1) is 13.1. The topological polar surface area (TPSA) is 55.7 Å². The van der Waals surface area contributed by atoms with Crippen molar-refractivity contribution in [1.29, 1.82) is 0 Å². The first-order valence-corrected chi connectivity index (χ1v) is 10.2. The van der Waals surface area contributed by atoms with Gasteiger partial charge in [0.1, 0.15) is 11.8 Å². The van der Waals surface area contributed by atoms with Crippen molar-refractivity contribution < 1.29 is 14.4 Å². The van der Waals surface area contributed by atoms with E-state index in [1.807, 2.05) is 18.2 Å². The highest BCUT2D eigenvalue weighted by atomic mass is 35.5. The SMILES string of the molecule is COc1ccc(NC(=O)C[NH+]2CCC[C@H]2c2nc3ccccc3s2)cc1Cl. The number of aromatic nitrogens is 1. The quantitative estimate of drug-likeness (QED) is 0.688. The number of likely N-dealkylation sites (tertiary alicyclic amines) is 1. The largest absolute Gasteiger partial charge is 0.495 e. The van der Waals surface area contributed by atoms with Crippen molar-refractivity contribution in [3.63, 3.8) is 0 Å². The highest BCUT2D eigenvalue weighted by molar-refractivity contribution is 7.18. The molecule has 1 aliphatic rings. The number of nitrogens with one attached hydrogen (secondary N) is 2. The van der Waals surface area contributed by atoms with Crippen molar-refractivity contribution in [3.05, 3.63) is 52.5 Å². The summed E-state index contributed by atoms with van der Waals surface area (Å²) in [6.07, 6.45) is 2.17. The Morgan fingerprint density at radius 1 is 1.37 bits per heavy atom. The number of nitrogens with zero attached hydrogens (tertiary/aromatic N) is 1. The average Bonchev–Trinajstić information content (AvgIpc) is 3.27. The molecule has 1 amide bonds. The summed E-state index contributed by atoms with van der Waals surface area (Å²) in [5.74, 6) is 0.579. The Balaban J connectivity index is 1.44. The zero-order chi connectivity index (χ0) is 18.8. The molecule has 140 valence electrons. The number of ether oxygens (including phenoxy) is 1. The number of amides is 1. The molecule has 1 saturated heterocycles. The van der Waals surface area contributed by atoms with Gasteiger partial charge in [0.05, 0.1) is 28.9 Å². The molecule has 1 fully saturated rings. The summed E-state index contributed by atoms with van der Waals surface area (Å²) in [7, 11) is 1.57. The fourth-order valence-electron chi connectivity index (χ4n) is 3.62. The van der Waals surface area contributed by atoms with E-state index >= 15 is 0 Å². The van der Waals surface area contributed by atoms with Crippen LogP contribution in [0.4, 0.5) is 5.69 Å². The van der Waals surface area contributed by atoms with Crippen LogP contribution in [0.3, 0.4) is 0 Å². The highest BCUT2D eigenvalue weighted by Gasteiger charge is 2.34. The van der Waals surface area contributed by atoms with Gasteiger partial charge in [-0.25, -0.2) is 4.98 Å². The molecule has 4 rings (SSSR count). The van der Waals surface area contributed by atoms with Gasteiger partial charge in [-0.1, -0.05) is 23.7 Å². The first kappa shape index (κ1) is 18.2. The fraction of sp³-hybridized carbons (Fsp3) is 0.300. The molecular formula is C20H21ClN3O2S+. The zero-order valence-electron chi connectivity index (χ0n) is 15.0. The van der Waals surface area contributed by atoms with Gasteiger partial charge >= 0.3 is 0 Å². The van der Waals surface area contributed by atoms with Gasteiger partial charge in [0.2, 0.25) is 0 Å². The first-order valence-electron chi connectivity index (χ1n) is 8.97. The van der Waals surface area contributed by atoms with Crippen LogP contribution < -0.4 is 15.0 Å². The maximum Gasteiger partial charge on any atom is 0.279 e. The van der Waals surface area contributed by atoms with Gasteiger partial charge in [-0.05, 0) is 30.3 Å². The summed E-state index contributed by atoms with van der Waals surface area (Å²) in [4.78, 5) is 18.6. The van der Waals surface area contributed by atoms with Crippen molar-refractivity contribution in [2.45, 2.75) is 18.9 Å². The third-order valence-electron chi connectivity index (χ3n) is 4.92. The van der Waals surface area contributed by atoms with Crippen LogP contribution in [0.2, 0.25) is 5.02 Å². The minimum absolute atomic E-state index is 0.0146. The molecule has 1 aliphatic heterocycles. The lowest BCUT2D eigenvalue weighted by molar-refractivity contribution is -0.910. The second-order valence-corrected chi connectivity index (χ2v) is 8.17. The number of fused-ring (bicyclic) bond motifs is 1. The van der Waals surface area contributed by atoms with Crippen LogP contribution in [0.25, 0.3) is 10.2 Å². The number of para-hydroxylation sites is 1. The number of hydrogen-bond donors (Lipinski definition) is 2. The molecule has 0 saturated carbocycles. The number of carbonyl (C=O) groups is 1. The number of anilines is 1. The number of quaternary nitrogens is 1. The zero-order valence-corrected chi connectivity index (χ0v) is 16.6. The number of carbonyl (C=O) groups excluding carboxylic acids is 1. The Morgan fingerprint density at radius 2 is 2.22 bits per heavy atom. The predicted molar refractivity (Wildman–Crippen MR) is 109 cm³/mol. The summed E-state index contributed by atoms with van der Waals surface area (Å²) >= 11 is 7.88. The minimum Gasteiger partial charge on any atom is -0.495 e. The van der Waals surface area contributed by atoms with Crippen molar-refractivity contribution >= 4 is 44.7 Å². The van der Waals surface area contributed by atoms with Crippen molar-refractivity contribution in [1.82, 2.24) is 4.98 Å². The average molecular weight is 403 g/mol. The molecule has 2 heterocycles. The summed E-state index contributed by atoms with van der Waals surface area (Å²) in [5.41, 5.74) is 1.72. The summed E-state index contributed by atoms with van der Waals surface area (Å²) in [6, 6.07) is 13.7. The Labute approximate surface area is 166 Å². The van der Waals surface area contributed by atoms with Crippen molar-refractivity contribution in [3.8, 4) is 5.75 Å². The van der Waals surface area contributed by atoms with E-state index in [0.717, 1.165) is 29.9 Å². The maximum atomic E-state index is 12.6. The van der Waals surface area contributed by atoms with E-state index in [2.05, 4.69) is 11.4 Å². The Bertz CT molecular complexity index is 942. The molecule has 27 heavy (non-hydrogen) atoms. The van der Waals surface area contributed by atoms with Crippen LogP contribution in [0.1, 0.15) is 23.9 Å².